The summed E-state index contributed by atoms with van der Waals surface area (Å²) < 4.78 is 22.5. The Morgan fingerprint density at radius 2 is 1.76 bits per heavy atom. The van der Waals surface area contributed by atoms with Gasteiger partial charge < -0.3 is 23.5 Å². The summed E-state index contributed by atoms with van der Waals surface area (Å²) in [7, 11) is 3.17. The molecule has 0 aliphatic carbocycles. The Bertz CT molecular complexity index is 1520. The fraction of sp³-hybridized carbons (Fsp3) is 0.200. The van der Waals surface area contributed by atoms with Crippen LogP contribution >= 0.6 is 0 Å². The molecule has 0 fully saturated rings. The van der Waals surface area contributed by atoms with E-state index in [9.17, 15) is 9.59 Å². The van der Waals surface area contributed by atoms with Crippen molar-refractivity contribution in [1.29, 1.82) is 0 Å². The Morgan fingerprint density at radius 1 is 0.973 bits per heavy atom. The number of ether oxygens (including phenoxy) is 3. The molecular weight excluding hydrogens is 470 g/mol. The van der Waals surface area contributed by atoms with Gasteiger partial charge in [0.15, 0.2) is 16.9 Å². The van der Waals surface area contributed by atoms with Crippen molar-refractivity contribution in [3.05, 3.63) is 112 Å². The summed E-state index contributed by atoms with van der Waals surface area (Å²) in [6.45, 7) is 4.39. The number of carbonyl (C=O) groups is 1. The third-order valence-electron chi connectivity index (χ3n) is 6.53. The molecule has 0 bridgehead atoms. The molecule has 1 atom stereocenters. The van der Waals surface area contributed by atoms with Gasteiger partial charge in [-0.05, 0) is 53.9 Å². The van der Waals surface area contributed by atoms with Crippen molar-refractivity contribution in [2.75, 3.05) is 27.4 Å². The van der Waals surface area contributed by atoms with E-state index in [4.69, 9.17) is 18.6 Å². The molecule has 0 spiro atoms. The fourth-order valence-electron chi connectivity index (χ4n) is 4.71. The van der Waals surface area contributed by atoms with Crippen LogP contribution < -0.4 is 19.6 Å². The first-order valence-electron chi connectivity index (χ1n) is 12.0. The van der Waals surface area contributed by atoms with Crippen LogP contribution in [0.15, 0.2) is 88.6 Å². The summed E-state index contributed by atoms with van der Waals surface area (Å²) in [6, 6.07) is 19.5. The van der Waals surface area contributed by atoms with Crippen LogP contribution in [0.4, 0.5) is 0 Å². The number of rotatable bonds is 9. The molecule has 0 saturated carbocycles. The fourth-order valence-corrected chi connectivity index (χ4v) is 4.71. The molecule has 0 N–H and O–H groups in total. The molecule has 0 saturated heterocycles. The largest absolute Gasteiger partial charge is 0.497 e. The third kappa shape index (κ3) is 4.44. The lowest BCUT2D eigenvalue weighted by molar-refractivity contribution is 0.0730. The molecule has 7 heteroatoms. The maximum atomic E-state index is 13.7. The van der Waals surface area contributed by atoms with E-state index in [2.05, 4.69) is 6.58 Å². The van der Waals surface area contributed by atoms with Crippen molar-refractivity contribution in [2.24, 2.45) is 0 Å². The zero-order valence-electron chi connectivity index (χ0n) is 20.7. The SMILES string of the molecule is C=CCOc1ccc(C2c3c(oc4ccccc4c3=O)C(=O)N2CCc2ccc(OC)cc2)cc1OC. The standard InChI is InChI=1S/C30H27NO6/c1-4-17-36-24-14-11-20(18-25(24)35-3)27-26-28(32)22-7-5-6-8-23(22)37-29(26)30(33)31(27)16-15-19-9-12-21(34-2)13-10-19/h4-14,18,27H,1,15-17H2,2-3H3. The van der Waals surface area contributed by atoms with Crippen LogP contribution in [-0.4, -0.2) is 38.2 Å². The molecule has 1 aromatic heterocycles. The number of carbonyl (C=O) groups excluding carboxylic acids is 1. The molecule has 0 radical (unpaired) electrons. The van der Waals surface area contributed by atoms with Crippen molar-refractivity contribution in [2.45, 2.75) is 12.5 Å². The predicted octanol–water partition coefficient (Wildman–Crippen LogP) is 5.16. The summed E-state index contributed by atoms with van der Waals surface area (Å²) in [5.41, 5.74) is 2.28. The first-order valence-corrected chi connectivity index (χ1v) is 12.0. The second-order valence-electron chi connectivity index (χ2n) is 8.68. The van der Waals surface area contributed by atoms with Crippen LogP contribution in [0.1, 0.15) is 33.3 Å². The lowest BCUT2D eigenvalue weighted by Crippen LogP contribution is -2.31. The second-order valence-corrected chi connectivity index (χ2v) is 8.68. The maximum absolute atomic E-state index is 13.7. The van der Waals surface area contributed by atoms with E-state index in [1.807, 2.05) is 30.3 Å². The molecule has 7 nitrogen and oxygen atoms in total. The van der Waals surface area contributed by atoms with E-state index in [1.54, 1.807) is 61.6 Å². The van der Waals surface area contributed by atoms with Crippen molar-refractivity contribution < 1.29 is 23.4 Å². The highest BCUT2D eigenvalue weighted by atomic mass is 16.5. The molecule has 188 valence electrons. The highest BCUT2D eigenvalue weighted by Gasteiger charge is 2.42. The Hall–Kier alpha value is -4.52. The van der Waals surface area contributed by atoms with Crippen LogP contribution in [0.3, 0.4) is 0 Å². The topological polar surface area (TPSA) is 78.2 Å². The number of fused-ring (bicyclic) bond motifs is 2. The van der Waals surface area contributed by atoms with E-state index >= 15 is 0 Å². The number of hydrogen-bond donors (Lipinski definition) is 0. The Morgan fingerprint density at radius 3 is 2.49 bits per heavy atom. The van der Waals surface area contributed by atoms with E-state index in [0.717, 1.165) is 16.9 Å². The molecular formula is C30H27NO6. The number of para-hydroxylation sites is 1. The number of nitrogens with zero attached hydrogens (tertiary/aromatic N) is 1. The van der Waals surface area contributed by atoms with E-state index in [0.29, 0.717) is 47.6 Å². The van der Waals surface area contributed by atoms with E-state index < -0.39 is 6.04 Å². The Kier molecular flexibility index (Phi) is 6.68. The van der Waals surface area contributed by atoms with Crippen molar-refractivity contribution >= 4 is 16.9 Å². The average molecular weight is 498 g/mol. The molecule has 37 heavy (non-hydrogen) atoms. The summed E-state index contributed by atoms with van der Waals surface area (Å²) in [5.74, 6) is 1.57. The van der Waals surface area contributed by atoms with Gasteiger partial charge in [-0.1, -0.05) is 43.0 Å². The normalized spacial score (nSPS) is 14.5. The van der Waals surface area contributed by atoms with Gasteiger partial charge in [0.25, 0.3) is 5.91 Å². The molecule has 4 aromatic rings. The Balaban J connectivity index is 1.59. The highest BCUT2D eigenvalue weighted by Crippen LogP contribution is 2.41. The monoisotopic (exact) mass is 497 g/mol. The zero-order valence-corrected chi connectivity index (χ0v) is 20.7. The summed E-state index contributed by atoms with van der Waals surface area (Å²) in [5, 5.41) is 0.439. The van der Waals surface area contributed by atoms with Crippen LogP contribution in [0.25, 0.3) is 11.0 Å². The van der Waals surface area contributed by atoms with E-state index in [1.165, 1.54) is 0 Å². The minimum atomic E-state index is -0.635. The number of amides is 1. The van der Waals surface area contributed by atoms with Crippen LogP contribution in [0.2, 0.25) is 0 Å². The number of hydrogen-bond acceptors (Lipinski definition) is 6. The maximum Gasteiger partial charge on any atom is 0.290 e. The van der Waals surface area contributed by atoms with Crippen LogP contribution in [0, 0.1) is 0 Å². The van der Waals surface area contributed by atoms with Gasteiger partial charge >= 0.3 is 0 Å². The Labute approximate surface area is 214 Å². The van der Waals surface area contributed by atoms with Gasteiger partial charge in [-0.25, -0.2) is 0 Å². The lowest BCUT2D eigenvalue weighted by Gasteiger charge is -2.26. The van der Waals surface area contributed by atoms with Gasteiger partial charge in [-0.2, -0.15) is 0 Å². The van der Waals surface area contributed by atoms with Crippen molar-refractivity contribution in [3.8, 4) is 17.2 Å². The number of benzene rings is 3. The summed E-state index contributed by atoms with van der Waals surface area (Å²) in [6.07, 6.45) is 2.24. The minimum absolute atomic E-state index is 0.0781. The highest BCUT2D eigenvalue weighted by molar-refractivity contribution is 5.99. The molecule has 1 unspecified atom stereocenters. The molecule has 2 heterocycles. The van der Waals surface area contributed by atoms with Gasteiger partial charge in [0.1, 0.15) is 17.9 Å². The smallest absolute Gasteiger partial charge is 0.290 e. The van der Waals surface area contributed by atoms with Gasteiger partial charge in [0, 0.05) is 6.54 Å². The van der Waals surface area contributed by atoms with Gasteiger partial charge in [0.05, 0.1) is 31.2 Å². The van der Waals surface area contributed by atoms with Crippen LogP contribution in [-0.2, 0) is 6.42 Å². The average Bonchev–Trinajstić information content (AvgIpc) is 3.22. The van der Waals surface area contributed by atoms with Gasteiger partial charge in [0.2, 0.25) is 5.76 Å². The van der Waals surface area contributed by atoms with Crippen molar-refractivity contribution in [3.63, 3.8) is 0 Å². The third-order valence-corrected chi connectivity index (χ3v) is 6.53. The molecule has 3 aromatic carbocycles. The molecule has 1 amide bonds. The first kappa shape index (κ1) is 24.2. The quantitative estimate of drug-likeness (QED) is 0.297. The van der Waals surface area contributed by atoms with Crippen LogP contribution in [0.5, 0.6) is 17.2 Å². The first-order chi connectivity index (χ1) is 18.0. The van der Waals surface area contributed by atoms with Crippen molar-refractivity contribution in [1.82, 2.24) is 4.90 Å². The minimum Gasteiger partial charge on any atom is -0.497 e. The van der Waals surface area contributed by atoms with E-state index in [-0.39, 0.29) is 17.1 Å². The second kappa shape index (κ2) is 10.2. The predicted molar refractivity (Wildman–Crippen MR) is 141 cm³/mol. The molecule has 1 aliphatic heterocycles. The van der Waals surface area contributed by atoms with Gasteiger partial charge in [-0.15, -0.1) is 0 Å². The van der Waals surface area contributed by atoms with Gasteiger partial charge in [-0.3, -0.25) is 9.59 Å². The summed E-state index contributed by atoms with van der Waals surface area (Å²) in [4.78, 5) is 29.0. The molecule has 5 rings (SSSR count). The lowest BCUT2D eigenvalue weighted by atomic mass is 9.97. The summed E-state index contributed by atoms with van der Waals surface area (Å²) >= 11 is 0. The zero-order chi connectivity index (χ0) is 25.9. The number of methoxy groups -OCH3 is 2. The molecule has 1 aliphatic rings.